The van der Waals surface area contributed by atoms with Crippen molar-refractivity contribution >= 4 is 34.6 Å². The first-order chi connectivity index (χ1) is 24.3. The Hall–Kier alpha value is -4.55. The van der Waals surface area contributed by atoms with Gasteiger partial charge in [-0.05, 0) is 70.9 Å². The largest absolute Gasteiger partial charge is 0.444 e. The minimum absolute atomic E-state index is 0.00684. The molecule has 2 N–H and O–H groups in total. The zero-order valence-corrected chi connectivity index (χ0v) is 29.6. The number of anilines is 1. The number of alkyl halides is 2. The molecule has 0 radical (unpaired) electrons. The van der Waals surface area contributed by atoms with Gasteiger partial charge in [-0.25, -0.2) is 18.4 Å². The van der Waals surface area contributed by atoms with Crippen LogP contribution in [0.2, 0.25) is 0 Å². The molecule has 274 valence electrons. The first kappa shape index (κ1) is 36.2. The topological polar surface area (TPSA) is 136 Å². The van der Waals surface area contributed by atoms with Crippen molar-refractivity contribution in [3.63, 3.8) is 0 Å². The summed E-state index contributed by atoms with van der Waals surface area (Å²) in [7, 11) is 1.67. The van der Waals surface area contributed by atoms with Gasteiger partial charge in [0.25, 0.3) is 6.43 Å². The lowest BCUT2D eigenvalue weighted by Crippen LogP contribution is -2.48. The molecule has 1 aliphatic carbocycles. The van der Waals surface area contributed by atoms with E-state index in [-0.39, 0.29) is 36.2 Å². The van der Waals surface area contributed by atoms with Crippen LogP contribution < -0.4 is 16.3 Å². The van der Waals surface area contributed by atoms with Crippen molar-refractivity contribution < 1.29 is 27.9 Å². The fraction of sp³-hybridized carbons (Fsp3) is 0.583. The smallest absolute Gasteiger partial charge is 0.412 e. The van der Waals surface area contributed by atoms with Gasteiger partial charge < -0.3 is 9.64 Å². The number of imide groups is 1. The number of hydrogen-bond donors (Lipinski definition) is 2. The van der Waals surface area contributed by atoms with Crippen molar-refractivity contribution in [2.24, 2.45) is 13.0 Å². The maximum Gasteiger partial charge on any atom is 0.412 e. The minimum Gasteiger partial charge on any atom is -0.444 e. The van der Waals surface area contributed by atoms with E-state index in [4.69, 9.17) is 4.74 Å². The molecule has 2 saturated heterocycles. The fourth-order valence-corrected chi connectivity index (χ4v) is 7.37. The summed E-state index contributed by atoms with van der Waals surface area (Å²) in [5.41, 5.74) is 0.465. The Morgan fingerprint density at radius 1 is 1.06 bits per heavy atom. The van der Waals surface area contributed by atoms with E-state index in [9.17, 15) is 28.0 Å². The van der Waals surface area contributed by atoms with Gasteiger partial charge in [0.2, 0.25) is 11.8 Å². The van der Waals surface area contributed by atoms with Gasteiger partial charge in [0.05, 0.1) is 34.9 Å². The van der Waals surface area contributed by atoms with Crippen LogP contribution in [0.15, 0.2) is 29.2 Å². The summed E-state index contributed by atoms with van der Waals surface area (Å²) in [5.74, 6) is 6.26. The number of amides is 3. The molecule has 4 heterocycles. The number of carbonyl (C=O) groups is 3. The van der Waals surface area contributed by atoms with Crippen molar-refractivity contribution in [1.29, 1.82) is 0 Å². The highest BCUT2D eigenvalue weighted by Crippen LogP contribution is 2.35. The highest BCUT2D eigenvalue weighted by atomic mass is 19.3. The molecule has 3 amide bonds. The molecular formula is C36H46F2N8O5. The zero-order valence-electron chi connectivity index (χ0n) is 29.6. The van der Waals surface area contributed by atoms with Crippen LogP contribution >= 0.6 is 0 Å². The number of nitrogens with one attached hydrogen (secondary N) is 2. The number of fused-ring (bicyclic) bond motifs is 1. The lowest BCUT2D eigenvalue weighted by atomic mass is 9.85. The van der Waals surface area contributed by atoms with Gasteiger partial charge >= 0.3 is 11.8 Å². The molecule has 15 heteroatoms. The number of halogens is 2. The molecule has 2 aliphatic heterocycles. The summed E-state index contributed by atoms with van der Waals surface area (Å²) in [4.78, 5) is 54.4. The number of rotatable bonds is 7. The molecule has 6 rings (SSSR count). The molecule has 0 spiro atoms. The maximum atomic E-state index is 13.7. The fourth-order valence-electron chi connectivity index (χ4n) is 7.37. The second-order valence-electron chi connectivity index (χ2n) is 14.7. The Morgan fingerprint density at radius 3 is 2.43 bits per heavy atom. The van der Waals surface area contributed by atoms with Crippen molar-refractivity contribution in [3.8, 4) is 11.8 Å². The first-order valence-corrected chi connectivity index (χ1v) is 17.6. The SMILES string of the molecule is Cn1c(=O)n(C2CCC(=O)NC2=O)c2cccc(C#CCN3CCN(CC4CCC(n5cc(NC(=O)OC(C)(C)C)c(C(F)F)n5)CC4)CC3)c21. The quantitative estimate of drug-likeness (QED) is 0.276. The molecule has 3 fully saturated rings. The summed E-state index contributed by atoms with van der Waals surface area (Å²) in [6.07, 6.45) is 1.94. The summed E-state index contributed by atoms with van der Waals surface area (Å²) >= 11 is 0. The van der Waals surface area contributed by atoms with Crippen LogP contribution in [-0.2, 0) is 21.4 Å². The highest BCUT2D eigenvalue weighted by molar-refractivity contribution is 6.00. The number of aryl methyl sites for hydroxylation is 1. The molecule has 1 saturated carbocycles. The predicted molar refractivity (Wildman–Crippen MR) is 186 cm³/mol. The van der Waals surface area contributed by atoms with Gasteiger partial charge in [0.15, 0.2) is 5.69 Å². The van der Waals surface area contributed by atoms with Crippen LogP contribution in [0, 0.1) is 17.8 Å². The number of nitrogens with zero attached hydrogens (tertiary/aromatic N) is 6. The predicted octanol–water partition coefficient (Wildman–Crippen LogP) is 4.20. The number of benzene rings is 1. The third kappa shape index (κ3) is 8.34. The maximum absolute atomic E-state index is 13.7. The van der Waals surface area contributed by atoms with Crippen molar-refractivity contribution in [2.45, 2.75) is 83.4 Å². The van der Waals surface area contributed by atoms with Gasteiger partial charge in [-0.2, -0.15) is 5.10 Å². The molecule has 0 bridgehead atoms. The summed E-state index contributed by atoms with van der Waals surface area (Å²) in [6.45, 7) is 10.3. The average molecular weight is 709 g/mol. The van der Waals surface area contributed by atoms with Crippen LogP contribution in [0.25, 0.3) is 11.0 Å². The Bertz CT molecular complexity index is 1900. The van der Waals surface area contributed by atoms with E-state index < -0.39 is 35.8 Å². The number of carbonyl (C=O) groups excluding carboxylic acids is 3. The Balaban J connectivity index is 0.990. The average Bonchev–Trinajstić information content (AvgIpc) is 3.60. The van der Waals surface area contributed by atoms with Crippen LogP contribution in [0.4, 0.5) is 19.3 Å². The minimum atomic E-state index is -2.82. The van der Waals surface area contributed by atoms with Gasteiger partial charge in [-0.3, -0.25) is 38.9 Å². The van der Waals surface area contributed by atoms with Crippen molar-refractivity contribution in [1.82, 2.24) is 34.0 Å². The van der Waals surface area contributed by atoms with Crippen LogP contribution in [0.5, 0.6) is 0 Å². The number of hydrogen-bond acceptors (Lipinski definition) is 8. The van der Waals surface area contributed by atoms with Crippen molar-refractivity contribution in [3.05, 3.63) is 46.1 Å². The molecule has 1 unspecified atom stereocenters. The van der Waals surface area contributed by atoms with Gasteiger partial charge in [0, 0.05) is 52.4 Å². The number of piperazine rings is 1. The van der Waals surface area contributed by atoms with Crippen LogP contribution in [0.1, 0.15) is 89.1 Å². The van der Waals surface area contributed by atoms with Crippen LogP contribution in [-0.4, -0.2) is 91.5 Å². The first-order valence-electron chi connectivity index (χ1n) is 17.6. The molecule has 1 atom stereocenters. The lowest BCUT2D eigenvalue weighted by molar-refractivity contribution is -0.135. The molecule has 51 heavy (non-hydrogen) atoms. The Kier molecular flexibility index (Phi) is 10.6. The molecule has 13 nitrogen and oxygen atoms in total. The van der Waals surface area contributed by atoms with Crippen molar-refractivity contribution in [2.75, 3.05) is 44.6 Å². The number of piperidine rings is 1. The summed E-state index contributed by atoms with van der Waals surface area (Å²) < 4.78 is 37.3. The normalized spacial score (nSPS) is 22.1. The van der Waals surface area contributed by atoms with E-state index in [2.05, 4.69) is 37.4 Å². The van der Waals surface area contributed by atoms with Gasteiger partial charge in [-0.1, -0.05) is 17.9 Å². The summed E-state index contributed by atoms with van der Waals surface area (Å²) in [6, 6.07) is 4.76. The molecular weight excluding hydrogens is 662 g/mol. The monoisotopic (exact) mass is 708 g/mol. The van der Waals surface area contributed by atoms with E-state index in [1.807, 2.05) is 12.1 Å². The second-order valence-corrected chi connectivity index (χ2v) is 14.7. The van der Waals surface area contributed by atoms with E-state index in [1.54, 1.807) is 38.6 Å². The van der Waals surface area contributed by atoms with E-state index in [1.165, 1.54) is 15.3 Å². The molecule has 3 aliphatic rings. The molecule has 2 aromatic heterocycles. The number of imidazole rings is 1. The zero-order chi connectivity index (χ0) is 36.4. The lowest BCUT2D eigenvalue weighted by Gasteiger charge is -2.37. The number of ether oxygens (including phenoxy) is 1. The number of aromatic nitrogens is 4. The highest BCUT2D eigenvalue weighted by Gasteiger charge is 2.32. The third-order valence-corrected chi connectivity index (χ3v) is 9.92. The third-order valence-electron chi connectivity index (χ3n) is 9.92. The van der Waals surface area contributed by atoms with Gasteiger partial charge in [-0.15, -0.1) is 0 Å². The second kappa shape index (κ2) is 15.0. The van der Waals surface area contributed by atoms with E-state index in [0.29, 0.717) is 29.1 Å². The Labute approximate surface area is 295 Å². The Morgan fingerprint density at radius 2 is 1.76 bits per heavy atom. The van der Waals surface area contributed by atoms with Gasteiger partial charge in [0.1, 0.15) is 11.6 Å². The molecule has 3 aromatic rings. The number of para-hydroxylation sites is 1. The van der Waals surface area contributed by atoms with E-state index in [0.717, 1.165) is 58.4 Å². The van der Waals surface area contributed by atoms with Crippen LogP contribution in [0.3, 0.4) is 0 Å². The van der Waals surface area contributed by atoms with E-state index >= 15 is 0 Å². The molecule has 1 aromatic carbocycles. The summed E-state index contributed by atoms with van der Waals surface area (Å²) in [5, 5.41) is 8.94. The standard InChI is InChI=1S/C36H46F2N8O5/c1-36(2,3)51-34(49)39-26-22-45(41-30(26)32(37)38)25-12-10-23(11-13-25)21-44-19-17-43(18-20-44)16-6-8-24-7-5-9-27-31(24)42(4)35(50)46(27)28-14-15-29(47)40-33(28)48/h5,7,9,22-23,25,28,32H,10-21H2,1-4H3,(H,39,49)(H,40,47,48).